The highest BCUT2D eigenvalue weighted by Gasteiger charge is 2.26. The maximum atomic E-state index is 12.0. The molecule has 2 rings (SSSR count). The molecule has 0 aliphatic heterocycles. The SMILES string of the molecule is CCOC(=O)[C@H](C=C(Cl)Cl)[C@@H](Cl)CCc1ccc2ccccc2c1. The van der Waals surface area contributed by atoms with E-state index in [-0.39, 0.29) is 11.1 Å². The summed E-state index contributed by atoms with van der Waals surface area (Å²) in [6, 6.07) is 14.5. The largest absolute Gasteiger partial charge is 0.465 e. The van der Waals surface area contributed by atoms with Crippen molar-refractivity contribution in [2.75, 3.05) is 6.61 Å². The maximum absolute atomic E-state index is 12.0. The third kappa shape index (κ3) is 5.41. The Balaban J connectivity index is 2.06. The summed E-state index contributed by atoms with van der Waals surface area (Å²) in [7, 11) is 0. The first-order valence-corrected chi connectivity index (χ1v) is 9.01. The van der Waals surface area contributed by atoms with Crippen LogP contribution in [-0.4, -0.2) is 18.0 Å². The Morgan fingerprint density at radius 2 is 1.88 bits per heavy atom. The van der Waals surface area contributed by atoms with Gasteiger partial charge in [-0.3, -0.25) is 4.79 Å². The summed E-state index contributed by atoms with van der Waals surface area (Å²) in [5, 5.41) is 1.94. The topological polar surface area (TPSA) is 26.3 Å². The van der Waals surface area contributed by atoms with E-state index in [1.165, 1.54) is 22.4 Å². The number of fused-ring (bicyclic) bond motifs is 1. The molecule has 128 valence electrons. The summed E-state index contributed by atoms with van der Waals surface area (Å²) in [5.74, 6) is -1.06. The van der Waals surface area contributed by atoms with Crippen LogP contribution in [0.4, 0.5) is 0 Å². The van der Waals surface area contributed by atoms with Gasteiger partial charge in [-0.1, -0.05) is 65.7 Å². The van der Waals surface area contributed by atoms with Crippen LogP contribution in [0.1, 0.15) is 18.9 Å². The number of ether oxygens (including phenoxy) is 1. The van der Waals surface area contributed by atoms with E-state index in [0.717, 1.165) is 6.42 Å². The zero-order valence-electron chi connectivity index (χ0n) is 13.3. The third-order valence-corrected chi connectivity index (χ3v) is 4.52. The number of carbonyl (C=O) groups excluding carboxylic acids is 1. The Bertz CT molecular complexity index is 723. The van der Waals surface area contributed by atoms with Gasteiger partial charge in [0, 0.05) is 0 Å². The summed E-state index contributed by atoms with van der Waals surface area (Å²) >= 11 is 17.8. The molecule has 0 fully saturated rings. The minimum atomic E-state index is -0.655. The molecule has 2 aromatic rings. The molecular formula is C19H19Cl3O2. The zero-order chi connectivity index (χ0) is 17.5. The van der Waals surface area contributed by atoms with E-state index in [1.54, 1.807) is 6.92 Å². The van der Waals surface area contributed by atoms with E-state index in [2.05, 4.69) is 30.3 Å². The van der Waals surface area contributed by atoms with Crippen molar-refractivity contribution in [2.24, 2.45) is 5.92 Å². The second-order valence-electron chi connectivity index (χ2n) is 5.47. The van der Waals surface area contributed by atoms with Gasteiger partial charge < -0.3 is 4.74 Å². The van der Waals surface area contributed by atoms with Gasteiger partial charge in [0.05, 0.1) is 17.9 Å². The molecule has 2 aromatic carbocycles. The number of hydrogen-bond acceptors (Lipinski definition) is 2. The van der Waals surface area contributed by atoms with Crippen molar-refractivity contribution in [3.8, 4) is 0 Å². The van der Waals surface area contributed by atoms with Gasteiger partial charge in [0.2, 0.25) is 0 Å². The fourth-order valence-corrected chi connectivity index (χ4v) is 3.13. The maximum Gasteiger partial charge on any atom is 0.314 e. The van der Waals surface area contributed by atoms with Crippen LogP contribution in [0.25, 0.3) is 10.8 Å². The fourth-order valence-electron chi connectivity index (χ4n) is 2.57. The highest BCUT2D eigenvalue weighted by Crippen LogP contribution is 2.25. The Labute approximate surface area is 157 Å². The molecule has 0 aliphatic rings. The van der Waals surface area contributed by atoms with Gasteiger partial charge in [0.25, 0.3) is 0 Å². The first kappa shape index (κ1) is 19.1. The van der Waals surface area contributed by atoms with Crippen LogP contribution in [0, 0.1) is 5.92 Å². The molecule has 0 aromatic heterocycles. The quantitative estimate of drug-likeness (QED) is 0.439. The summed E-state index contributed by atoms with van der Waals surface area (Å²) in [4.78, 5) is 12.0. The van der Waals surface area contributed by atoms with E-state index < -0.39 is 17.3 Å². The molecule has 0 aliphatic carbocycles. The number of aryl methyl sites for hydroxylation is 1. The van der Waals surface area contributed by atoms with Gasteiger partial charge in [-0.15, -0.1) is 11.6 Å². The van der Waals surface area contributed by atoms with Crippen LogP contribution in [0.3, 0.4) is 0 Å². The predicted molar refractivity (Wildman–Crippen MR) is 102 cm³/mol. The van der Waals surface area contributed by atoms with Crippen molar-refractivity contribution >= 4 is 51.5 Å². The zero-order valence-corrected chi connectivity index (χ0v) is 15.6. The lowest BCUT2D eigenvalue weighted by Gasteiger charge is -2.18. The number of benzene rings is 2. The van der Waals surface area contributed by atoms with Crippen LogP contribution in [0.5, 0.6) is 0 Å². The smallest absolute Gasteiger partial charge is 0.314 e. The summed E-state index contributed by atoms with van der Waals surface area (Å²) in [6.07, 6.45) is 2.81. The second-order valence-corrected chi connectivity index (χ2v) is 7.04. The van der Waals surface area contributed by atoms with Crippen molar-refractivity contribution in [2.45, 2.75) is 25.1 Å². The standard InChI is InChI=1S/C19H19Cl3O2/c1-2-24-19(23)16(12-18(21)22)17(20)10-8-13-7-9-14-5-3-4-6-15(14)11-13/h3-7,9,11-12,16-17H,2,8,10H2,1H3/t16-,17+/m1/s1. The molecule has 0 bridgehead atoms. The molecular weight excluding hydrogens is 367 g/mol. The van der Waals surface area contributed by atoms with Gasteiger partial charge in [0.15, 0.2) is 0 Å². The summed E-state index contributed by atoms with van der Waals surface area (Å²) in [6.45, 7) is 2.04. The first-order valence-electron chi connectivity index (χ1n) is 7.82. The molecule has 0 saturated carbocycles. The molecule has 0 amide bonds. The number of esters is 1. The van der Waals surface area contributed by atoms with Crippen LogP contribution in [0.2, 0.25) is 0 Å². The molecule has 5 heteroatoms. The molecule has 0 unspecified atom stereocenters. The Hall–Kier alpha value is -1.22. The molecule has 0 radical (unpaired) electrons. The number of rotatable bonds is 7. The molecule has 2 atom stereocenters. The number of carbonyl (C=O) groups is 1. The van der Waals surface area contributed by atoms with Gasteiger partial charge in [-0.25, -0.2) is 0 Å². The van der Waals surface area contributed by atoms with Crippen LogP contribution in [-0.2, 0) is 16.0 Å². The normalized spacial score (nSPS) is 13.3. The Morgan fingerprint density at radius 3 is 2.54 bits per heavy atom. The van der Waals surface area contributed by atoms with Crippen molar-refractivity contribution in [1.82, 2.24) is 0 Å². The van der Waals surface area contributed by atoms with Gasteiger partial charge in [-0.05, 0) is 42.2 Å². The lowest BCUT2D eigenvalue weighted by molar-refractivity contribution is -0.146. The molecule has 0 saturated heterocycles. The average Bonchev–Trinajstić information content (AvgIpc) is 2.57. The van der Waals surface area contributed by atoms with Crippen molar-refractivity contribution < 1.29 is 9.53 Å². The summed E-state index contributed by atoms with van der Waals surface area (Å²) in [5.41, 5.74) is 1.17. The van der Waals surface area contributed by atoms with E-state index in [0.29, 0.717) is 6.42 Å². The Morgan fingerprint density at radius 1 is 1.17 bits per heavy atom. The van der Waals surface area contributed by atoms with Gasteiger partial charge in [-0.2, -0.15) is 0 Å². The van der Waals surface area contributed by atoms with Crippen LogP contribution in [0.15, 0.2) is 53.0 Å². The second kappa shape index (κ2) is 9.31. The third-order valence-electron chi connectivity index (χ3n) is 3.78. The van der Waals surface area contributed by atoms with Crippen molar-refractivity contribution in [3.63, 3.8) is 0 Å². The summed E-state index contributed by atoms with van der Waals surface area (Å²) < 4.78 is 5.07. The van der Waals surface area contributed by atoms with E-state index in [1.807, 2.05) is 12.1 Å². The highest BCUT2D eigenvalue weighted by atomic mass is 35.5. The average molecular weight is 386 g/mol. The van der Waals surface area contributed by atoms with Crippen LogP contribution < -0.4 is 0 Å². The number of alkyl halides is 1. The lowest BCUT2D eigenvalue weighted by Crippen LogP contribution is -2.25. The van der Waals surface area contributed by atoms with E-state index in [9.17, 15) is 4.79 Å². The van der Waals surface area contributed by atoms with Crippen molar-refractivity contribution in [1.29, 1.82) is 0 Å². The molecule has 24 heavy (non-hydrogen) atoms. The molecule has 0 spiro atoms. The minimum absolute atomic E-state index is 0.0180. The van der Waals surface area contributed by atoms with Gasteiger partial charge in [0.1, 0.15) is 4.49 Å². The minimum Gasteiger partial charge on any atom is -0.465 e. The van der Waals surface area contributed by atoms with E-state index >= 15 is 0 Å². The fraction of sp³-hybridized carbons (Fsp3) is 0.316. The number of halogens is 3. The predicted octanol–water partition coefficient (Wildman–Crippen LogP) is 5.88. The van der Waals surface area contributed by atoms with Gasteiger partial charge >= 0.3 is 5.97 Å². The van der Waals surface area contributed by atoms with Crippen LogP contribution >= 0.6 is 34.8 Å². The molecule has 0 heterocycles. The lowest BCUT2D eigenvalue weighted by atomic mass is 9.97. The molecule has 0 N–H and O–H groups in total. The monoisotopic (exact) mass is 384 g/mol. The number of hydrogen-bond donors (Lipinski definition) is 0. The van der Waals surface area contributed by atoms with Crippen molar-refractivity contribution in [3.05, 3.63) is 58.6 Å². The molecule has 2 nitrogen and oxygen atoms in total. The first-order chi connectivity index (χ1) is 11.5. The van der Waals surface area contributed by atoms with E-state index in [4.69, 9.17) is 39.5 Å². The Kier molecular flexibility index (Phi) is 7.41. The highest BCUT2D eigenvalue weighted by molar-refractivity contribution is 6.56.